The van der Waals surface area contributed by atoms with Gasteiger partial charge in [0, 0.05) is 55.1 Å². The van der Waals surface area contributed by atoms with Crippen LogP contribution in [0.5, 0.6) is 0 Å². The molecule has 0 N–H and O–H groups in total. The standard InChI is InChI=1S/C37H38O3S7/c1-5-7-8-9-10-11-14-40-15-13-23-17-24(33-30-29(36(38)47-33)21(4)42-37(30)39)44-32(23)26-19-28-35(46-26)34-27(43-28)18-25(45-34)31-22(12-6-2)16-20(3)41-31/h16-19H,5-15H2,1-4H3. The molecule has 0 aromatic carbocycles. The molecule has 246 valence electrons. The molecule has 10 heteroatoms. The lowest BCUT2D eigenvalue weighted by Gasteiger charge is -2.05. The number of carbonyl (C=O) groups excluding carboxylic acids is 2. The summed E-state index contributed by atoms with van der Waals surface area (Å²) in [5.41, 5.74) is 3.96. The number of hydrogen-bond donors (Lipinski definition) is 0. The van der Waals surface area contributed by atoms with E-state index < -0.39 is 0 Å². The summed E-state index contributed by atoms with van der Waals surface area (Å²) in [6.45, 7) is 10.1. The van der Waals surface area contributed by atoms with Crippen molar-refractivity contribution >= 4 is 114 Å². The minimum Gasteiger partial charge on any atom is -0.381 e. The number of fused-ring (bicyclic) bond motifs is 4. The first-order chi connectivity index (χ1) is 22.9. The van der Waals surface area contributed by atoms with E-state index in [9.17, 15) is 9.59 Å². The van der Waals surface area contributed by atoms with E-state index in [0.717, 1.165) is 47.0 Å². The molecule has 5 aromatic rings. The number of unbranched alkanes of at least 4 members (excludes halogenated alkanes) is 5. The number of thioether (sulfide) groups is 2. The number of thiophene rings is 5. The fraction of sp³-hybridized carbons (Fsp3) is 0.405. The summed E-state index contributed by atoms with van der Waals surface area (Å²) in [7, 11) is 0. The van der Waals surface area contributed by atoms with E-state index in [4.69, 9.17) is 4.74 Å². The van der Waals surface area contributed by atoms with Crippen molar-refractivity contribution in [3.05, 3.63) is 61.2 Å². The summed E-state index contributed by atoms with van der Waals surface area (Å²) in [6, 6.07) is 9.37. The zero-order valence-corrected chi connectivity index (χ0v) is 32.9. The van der Waals surface area contributed by atoms with E-state index in [1.165, 1.54) is 110 Å². The average molecular weight is 755 g/mol. The molecule has 7 heterocycles. The van der Waals surface area contributed by atoms with Crippen molar-refractivity contribution in [2.24, 2.45) is 0 Å². The van der Waals surface area contributed by atoms with Gasteiger partial charge in [-0.1, -0.05) is 64.1 Å². The zero-order valence-electron chi connectivity index (χ0n) is 27.2. The van der Waals surface area contributed by atoms with Crippen LogP contribution in [0.2, 0.25) is 0 Å². The molecule has 5 aromatic heterocycles. The fourth-order valence-electron chi connectivity index (χ4n) is 6.33. The highest BCUT2D eigenvalue weighted by molar-refractivity contribution is 8.24. The van der Waals surface area contributed by atoms with Crippen molar-refractivity contribution in [2.45, 2.75) is 85.5 Å². The molecule has 0 saturated heterocycles. The predicted molar refractivity (Wildman–Crippen MR) is 213 cm³/mol. The number of aryl methyl sites for hydroxylation is 2. The Balaban J connectivity index is 1.19. The Bertz CT molecular complexity index is 2040. The molecular weight excluding hydrogens is 717 g/mol. The molecule has 0 saturated carbocycles. The molecule has 0 unspecified atom stereocenters. The van der Waals surface area contributed by atoms with Crippen LogP contribution in [-0.2, 0) is 27.2 Å². The van der Waals surface area contributed by atoms with Crippen molar-refractivity contribution in [1.29, 1.82) is 0 Å². The maximum absolute atomic E-state index is 13.0. The molecule has 0 aliphatic carbocycles. The van der Waals surface area contributed by atoms with E-state index in [1.54, 1.807) is 11.3 Å². The SMILES string of the molecule is CCCCCCCCOCCc1cc(C2=C3C(=O)SC(C)=C3C(=O)S2)sc1-c1cc2sc3cc(-c4sc(C)cc4CCC)sc3c2s1. The zero-order chi connectivity index (χ0) is 32.7. The molecular formula is C37H38O3S7. The molecule has 0 bridgehead atoms. The van der Waals surface area contributed by atoms with E-state index in [-0.39, 0.29) is 10.2 Å². The molecule has 47 heavy (non-hydrogen) atoms. The first-order valence-corrected chi connectivity index (χ1v) is 22.2. The van der Waals surface area contributed by atoms with Crippen LogP contribution in [-0.4, -0.2) is 23.4 Å². The van der Waals surface area contributed by atoms with Crippen LogP contribution >= 0.6 is 80.2 Å². The Labute approximate surface area is 305 Å². The lowest BCUT2D eigenvalue weighted by atomic mass is 10.1. The highest BCUT2D eigenvalue weighted by Crippen LogP contribution is 2.55. The average Bonchev–Trinajstić information content (AvgIpc) is 3.88. The third-order valence-corrected chi connectivity index (χ3v) is 17.1. The third-order valence-electron chi connectivity index (χ3n) is 8.59. The Hall–Kier alpha value is -1.50. The van der Waals surface area contributed by atoms with Crippen LogP contribution in [0.15, 0.2) is 40.3 Å². The molecule has 3 nitrogen and oxygen atoms in total. The van der Waals surface area contributed by atoms with Gasteiger partial charge in [-0.3, -0.25) is 9.59 Å². The summed E-state index contributed by atoms with van der Waals surface area (Å²) in [5.74, 6) is 0. The van der Waals surface area contributed by atoms with Gasteiger partial charge in [0.15, 0.2) is 0 Å². The van der Waals surface area contributed by atoms with Crippen LogP contribution in [0.1, 0.15) is 86.6 Å². The van der Waals surface area contributed by atoms with Gasteiger partial charge >= 0.3 is 0 Å². The van der Waals surface area contributed by atoms with E-state index >= 15 is 0 Å². The van der Waals surface area contributed by atoms with Gasteiger partial charge in [0.2, 0.25) is 10.2 Å². The number of carbonyl (C=O) groups is 2. The highest BCUT2D eigenvalue weighted by atomic mass is 32.2. The smallest absolute Gasteiger partial charge is 0.225 e. The number of hydrogen-bond acceptors (Lipinski definition) is 10. The van der Waals surface area contributed by atoms with Gasteiger partial charge in [-0.25, -0.2) is 0 Å². The molecule has 0 radical (unpaired) electrons. The van der Waals surface area contributed by atoms with Gasteiger partial charge in [0.1, 0.15) is 0 Å². The van der Waals surface area contributed by atoms with E-state index in [0.29, 0.717) is 17.8 Å². The molecule has 0 spiro atoms. The Morgan fingerprint density at radius 2 is 1.26 bits per heavy atom. The minimum atomic E-state index is 0.000165. The Morgan fingerprint density at radius 1 is 0.596 bits per heavy atom. The molecule has 2 aliphatic heterocycles. The van der Waals surface area contributed by atoms with E-state index in [2.05, 4.69) is 45.0 Å². The summed E-state index contributed by atoms with van der Waals surface area (Å²) in [5, 5.41) is 0.000329. The third kappa shape index (κ3) is 6.83. The molecule has 2 aliphatic rings. The highest BCUT2D eigenvalue weighted by Gasteiger charge is 2.41. The monoisotopic (exact) mass is 754 g/mol. The topological polar surface area (TPSA) is 43.4 Å². The van der Waals surface area contributed by atoms with Crippen molar-refractivity contribution in [3.63, 3.8) is 0 Å². The lowest BCUT2D eigenvalue weighted by Crippen LogP contribution is -2.00. The number of allylic oxidation sites excluding steroid dienone is 1. The van der Waals surface area contributed by atoms with Crippen molar-refractivity contribution in [2.75, 3.05) is 13.2 Å². The Kier molecular flexibility index (Phi) is 10.7. The van der Waals surface area contributed by atoms with Crippen molar-refractivity contribution in [3.8, 4) is 19.5 Å². The largest absolute Gasteiger partial charge is 0.381 e. The quantitative estimate of drug-likeness (QED) is 0.0996. The van der Waals surface area contributed by atoms with Gasteiger partial charge in [0.25, 0.3) is 0 Å². The maximum atomic E-state index is 13.0. The van der Waals surface area contributed by atoms with Gasteiger partial charge in [-0.15, -0.1) is 56.7 Å². The fourth-order valence-corrected chi connectivity index (χ4v) is 15.1. The lowest BCUT2D eigenvalue weighted by molar-refractivity contribution is -0.109. The van der Waals surface area contributed by atoms with Crippen LogP contribution < -0.4 is 0 Å². The van der Waals surface area contributed by atoms with Crippen LogP contribution in [0.4, 0.5) is 0 Å². The number of ether oxygens (including phenoxy) is 1. The van der Waals surface area contributed by atoms with E-state index in [1.807, 2.05) is 52.3 Å². The summed E-state index contributed by atoms with van der Waals surface area (Å²) >= 11 is 11.8. The van der Waals surface area contributed by atoms with Gasteiger partial charge in [-0.05, 0) is 80.3 Å². The van der Waals surface area contributed by atoms with Gasteiger partial charge < -0.3 is 4.74 Å². The second-order valence-electron chi connectivity index (χ2n) is 12.2. The molecule has 0 atom stereocenters. The van der Waals surface area contributed by atoms with Gasteiger partial charge in [-0.2, -0.15) is 0 Å². The van der Waals surface area contributed by atoms with Gasteiger partial charge in [0.05, 0.1) is 27.2 Å². The summed E-state index contributed by atoms with van der Waals surface area (Å²) in [6.07, 6.45) is 10.6. The first-order valence-electron chi connectivity index (χ1n) is 16.5. The molecule has 0 fully saturated rings. The normalized spacial score (nSPS) is 15.1. The second-order valence-corrected chi connectivity index (χ2v) is 19.8. The van der Waals surface area contributed by atoms with Crippen LogP contribution in [0, 0.1) is 6.92 Å². The van der Waals surface area contributed by atoms with Crippen molar-refractivity contribution in [1.82, 2.24) is 0 Å². The van der Waals surface area contributed by atoms with Crippen LogP contribution in [0.3, 0.4) is 0 Å². The maximum Gasteiger partial charge on any atom is 0.225 e. The summed E-state index contributed by atoms with van der Waals surface area (Å²) < 4.78 is 11.6. The first kappa shape index (κ1) is 34.0. The van der Waals surface area contributed by atoms with Crippen molar-refractivity contribution < 1.29 is 14.3 Å². The predicted octanol–water partition coefficient (Wildman–Crippen LogP) is 13.3. The number of rotatable bonds is 15. The summed E-state index contributed by atoms with van der Waals surface area (Å²) in [4.78, 5) is 35.4. The van der Waals surface area contributed by atoms with Crippen LogP contribution in [0.25, 0.3) is 43.2 Å². The second kappa shape index (κ2) is 14.8. The Morgan fingerprint density at radius 3 is 1.98 bits per heavy atom. The molecule has 0 amide bonds. The minimum absolute atomic E-state index is 0.000165. The molecule has 7 rings (SSSR count).